The van der Waals surface area contributed by atoms with Crippen LogP contribution in [-0.2, 0) is 0 Å². The van der Waals surface area contributed by atoms with Crippen molar-refractivity contribution in [2.75, 3.05) is 0 Å². The zero-order valence-electron chi connectivity index (χ0n) is 10.1. The summed E-state index contributed by atoms with van der Waals surface area (Å²) in [6.07, 6.45) is 0. The molecule has 1 aromatic carbocycles. The maximum Gasteiger partial charge on any atom is 0.110 e. The second-order valence-corrected chi connectivity index (χ2v) is 13.0. The molecule has 0 radical (unpaired) electrons. The van der Waals surface area contributed by atoms with Crippen molar-refractivity contribution >= 4 is 32.0 Å². The molecule has 0 bridgehead atoms. The first-order valence-electron chi connectivity index (χ1n) is 5.38. The Kier molecular flexibility index (Phi) is 3.29. The smallest absolute Gasteiger partial charge is 0.110 e. The minimum atomic E-state index is -1.16. The lowest BCUT2D eigenvalue weighted by molar-refractivity contribution is 1.46. The van der Waals surface area contributed by atoms with E-state index in [-0.39, 0.29) is 0 Å². The van der Waals surface area contributed by atoms with E-state index in [0.29, 0.717) is 0 Å². The summed E-state index contributed by atoms with van der Waals surface area (Å²) in [6, 6.07) is 8.67. The van der Waals surface area contributed by atoms with E-state index in [2.05, 4.69) is 55.2 Å². The van der Waals surface area contributed by atoms with Crippen molar-refractivity contribution in [1.82, 2.24) is 4.37 Å². The molecule has 0 fully saturated rings. The van der Waals surface area contributed by atoms with E-state index in [4.69, 9.17) is 0 Å². The quantitative estimate of drug-likeness (QED) is 0.740. The van der Waals surface area contributed by atoms with Crippen molar-refractivity contribution in [3.8, 4) is 11.0 Å². The molecule has 1 heterocycles. The first-order valence-corrected chi connectivity index (χ1v) is 10.5. The lowest BCUT2D eigenvalue weighted by Crippen LogP contribution is -2.32. The summed E-state index contributed by atoms with van der Waals surface area (Å²) in [4.78, 5) is 0. The lowest BCUT2D eigenvalue weighted by Gasteiger charge is -2.10. The van der Waals surface area contributed by atoms with Crippen LogP contribution in [0.4, 0.5) is 0 Å². The zero-order valence-corrected chi connectivity index (χ0v) is 12.8. The van der Waals surface area contributed by atoms with Crippen molar-refractivity contribution < 1.29 is 0 Å². The summed E-state index contributed by atoms with van der Waals surface area (Å²) in [5, 5.41) is 0. The molecule has 1 aromatic heterocycles. The van der Waals surface area contributed by atoms with Gasteiger partial charge < -0.3 is 0 Å². The van der Waals surface area contributed by atoms with Gasteiger partial charge in [0, 0.05) is 9.80 Å². The van der Waals surface area contributed by atoms with Gasteiger partial charge in [0.05, 0.1) is 8.07 Å². The van der Waals surface area contributed by atoms with Gasteiger partial charge in [0.15, 0.2) is 0 Å². The van der Waals surface area contributed by atoms with Crippen molar-refractivity contribution in [1.29, 1.82) is 0 Å². The predicted molar refractivity (Wildman–Crippen MR) is 77.8 cm³/mol. The minimum Gasteiger partial charge on any atom is -0.187 e. The molecule has 0 saturated carbocycles. The Bertz CT molecular complexity index is 484. The zero-order chi connectivity index (χ0) is 11.8. The molecule has 0 aliphatic rings. The molecule has 0 saturated heterocycles. The van der Waals surface area contributed by atoms with E-state index in [9.17, 15) is 0 Å². The summed E-state index contributed by atoms with van der Waals surface area (Å²) in [5.74, 6) is 0. The molecule has 84 valence electrons. The Morgan fingerprint density at radius 2 is 1.75 bits per heavy atom. The SMILES string of the molecule is Cc1ccc(-c2nsc([Si](C)(C)C)p2)cc1. The van der Waals surface area contributed by atoms with E-state index in [1.54, 1.807) is 15.8 Å². The Morgan fingerprint density at radius 3 is 2.25 bits per heavy atom. The lowest BCUT2D eigenvalue weighted by atomic mass is 10.2. The Morgan fingerprint density at radius 1 is 1.12 bits per heavy atom. The summed E-state index contributed by atoms with van der Waals surface area (Å²) < 4.78 is 6.17. The second-order valence-electron chi connectivity index (χ2n) is 5.04. The van der Waals surface area contributed by atoms with Crippen LogP contribution in [0, 0.1) is 6.92 Å². The molecule has 0 atom stereocenters. The van der Waals surface area contributed by atoms with E-state index < -0.39 is 8.07 Å². The summed E-state index contributed by atoms with van der Waals surface area (Å²) in [5.41, 5.74) is 3.80. The third kappa shape index (κ3) is 2.60. The molecule has 0 unspecified atom stereocenters. The minimum absolute atomic E-state index is 1.16. The second kappa shape index (κ2) is 4.40. The standard InChI is InChI=1S/C12H16NPSSi/c1-9-5-7-10(8-6-9)11-13-15-12(14-11)16(2,3)4/h5-8H,1-4H3. The van der Waals surface area contributed by atoms with Crippen molar-refractivity contribution in [2.45, 2.75) is 26.6 Å². The van der Waals surface area contributed by atoms with Crippen LogP contribution in [0.3, 0.4) is 0 Å². The van der Waals surface area contributed by atoms with Crippen LogP contribution in [0.2, 0.25) is 19.6 Å². The highest BCUT2D eigenvalue weighted by atomic mass is 32.1. The van der Waals surface area contributed by atoms with Crippen LogP contribution in [0.25, 0.3) is 11.0 Å². The maximum atomic E-state index is 4.60. The normalized spacial score (nSPS) is 12.2. The third-order valence-electron chi connectivity index (χ3n) is 2.38. The first kappa shape index (κ1) is 12.0. The van der Waals surface area contributed by atoms with Crippen molar-refractivity contribution in [3.63, 3.8) is 0 Å². The molecular formula is C12H16NPSSi. The van der Waals surface area contributed by atoms with Gasteiger partial charge in [0.1, 0.15) is 5.43 Å². The first-order chi connectivity index (χ1) is 7.47. The van der Waals surface area contributed by atoms with E-state index in [1.807, 2.05) is 0 Å². The fourth-order valence-corrected chi connectivity index (χ4v) is 5.82. The predicted octanol–water partition coefficient (Wildman–Crippen LogP) is 4.24. The van der Waals surface area contributed by atoms with Crippen LogP contribution >= 0.6 is 19.7 Å². The molecule has 0 N–H and O–H groups in total. The summed E-state index contributed by atoms with van der Waals surface area (Å²) in [6.45, 7) is 9.27. The van der Waals surface area contributed by atoms with Crippen molar-refractivity contribution in [3.05, 3.63) is 29.8 Å². The van der Waals surface area contributed by atoms with Gasteiger partial charge in [-0.1, -0.05) is 49.5 Å². The van der Waals surface area contributed by atoms with Gasteiger partial charge in [-0.15, -0.1) is 0 Å². The van der Waals surface area contributed by atoms with Gasteiger partial charge in [-0.25, -0.2) is 0 Å². The monoisotopic (exact) mass is 265 g/mol. The molecule has 16 heavy (non-hydrogen) atoms. The Labute approximate surface area is 104 Å². The van der Waals surface area contributed by atoms with Crippen LogP contribution in [0.1, 0.15) is 5.56 Å². The summed E-state index contributed by atoms with van der Waals surface area (Å²) in [7, 11) is 0.181. The molecule has 0 amide bonds. The van der Waals surface area contributed by atoms with Gasteiger partial charge >= 0.3 is 0 Å². The number of aromatic nitrogens is 1. The number of benzene rings is 1. The Balaban J connectivity index is 2.35. The maximum absolute atomic E-state index is 4.60. The third-order valence-corrected chi connectivity index (χ3v) is 9.99. The van der Waals surface area contributed by atoms with E-state index >= 15 is 0 Å². The molecule has 0 aliphatic heterocycles. The molecule has 0 aliphatic carbocycles. The highest BCUT2D eigenvalue weighted by Gasteiger charge is 2.20. The van der Waals surface area contributed by atoms with Gasteiger partial charge in [-0.05, 0) is 26.6 Å². The highest BCUT2D eigenvalue weighted by molar-refractivity contribution is 7.55. The molecular weight excluding hydrogens is 249 g/mol. The Hall–Kier alpha value is -0.503. The fraction of sp³-hybridized carbons (Fsp3) is 0.333. The van der Waals surface area contributed by atoms with Crippen LogP contribution in [0.5, 0.6) is 0 Å². The van der Waals surface area contributed by atoms with Crippen LogP contribution in [-0.4, -0.2) is 12.4 Å². The number of nitrogens with zero attached hydrogens (tertiary/aromatic N) is 1. The molecule has 4 heteroatoms. The van der Waals surface area contributed by atoms with Crippen LogP contribution < -0.4 is 4.23 Å². The number of hydrogen-bond acceptors (Lipinski definition) is 2. The molecule has 2 rings (SSSR count). The van der Waals surface area contributed by atoms with Crippen LogP contribution in [0.15, 0.2) is 24.3 Å². The number of hydrogen-bond donors (Lipinski definition) is 0. The summed E-state index contributed by atoms with van der Waals surface area (Å²) >= 11 is 1.71. The van der Waals surface area contributed by atoms with E-state index in [0.717, 1.165) is 0 Å². The molecule has 2 aromatic rings. The fourth-order valence-electron chi connectivity index (χ4n) is 1.35. The average Bonchev–Trinajstić information content (AvgIpc) is 2.67. The van der Waals surface area contributed by atoms with Gasteiger partial charge in [-0.2, -0.15) is 4.37 Å². The molecule has 0 spiro atoms. The van der Waals surface area contributed by atoms with Gasteiger partial charge in [-0.3, -0.25) is 0 Å². The van der Waals surface area contributed by atoms with Gasteiger partial charge in [0.25, 0.3) is 0 Å². The van der Waals surface area contributed by atoms with Gasteiger partial charge in [0.2, 0.25) is 0 Å². The largest absolute Gasteiger partial charge is 0.187 e. The highest BCUT2D eigenvalue weighted by Crippen LogP contribution is 2.28. The number of aryl methyl sites for hydroxylation is 1. The van der Waals surface area contributed by atoms with E-state index in [1.165, 1.54) is 24.7 Å². The topological polar surface area (TPSA) is 12.9 Å². The number of rotatable bonds is 2. The average molecular weight is 265 g/mol. The van der Waals surface area contributed by atoms with Crippen molar-refractivity contribution in [2.24, 2.45) is 0 Å². The molecule has 1 nitrogen and oxygen atoms in total.